The number of amides is 1. The summed E-state index contributed by atoms with van der Waals surface area (Å²) < 4.78 is 5.19. The third-order valence-corrected chi connectivity index (χ3v) is 3.16. The molecule has 0 radical (unpaired) electrons. The molecule has 1 fully saturated rings. The van der Waals surface area contributed by atoms with Crippen molar-refractivity contribution in [3.63, 3.8) is 0 Å². The monoisotopic (exact) mass is 219 g/mol. The van der Waals surface area contributed by atoms with Crippen LogP contribution >= 0.6 is 0 Å². The molecule has 1 aromatic carbocycles. The molecule has 1 aliphatic rings. The van der Waals surface area contributed by atoms with Crippen molar-refractivity contribution < 1.29 is 9.53 Å². The van der Waals surface area contributed by atoms with Gasteiger partial charge in [-0.15, -0.1) is 0 Å². The number of nitrogens with zero attached hydrogens (tertiary/aromatic N) is 1. The number of carbonyl (C=O) groups is 1. The largest absolute Gasteiger partial charge is 0.497 e. The number of benzene rings is 1. The van der Waals surface area contributed by atoms with E-state index >= 15 is 0 Å². The Kier molecular flexibility index (Phi) is 3.44. The number of carbonyl (C=O) groups excluding carboxylic acids is 1. The molecule has 1 saturated heterocycles. The van der Waals surface area contributed by atoms with Gasteiger partial charge in [-0.3, -0.25) is 4.79 Å². The first kappa shape index (κ1) is 11.0. The second kappa shape index (κ2) is 5.01. The van der Waals surface area contributed by atoms with Crippen LogP contribution in [0.1, 0.15) is 18.4 Å². The molecule has 0 aromatic heterocycles. The molecule has 16 heavy (non-hydrogen) atoms. The smallest absolute Gasteiger partial charge is 0.209 e. The Hall–Kier alpha value is -1.51. The van der Waals surface area contributed by atoms with E-state index in [0.29, 0.717) is 6.04 Å². The molecule has 0 bridgehead atoms. The Bertz CT molecular complexity index is 365. The maximum atomic E-state index is 10.8. The zero-order valence-electron chi connectivity index (χ0n) is 9.56. The fraction of sp³-hybridized carbons (Fsp3) is 0.462. The van der Waals surface area contributed by atoms with E-state index < -0.39 is 0 Å². The zero-order chi connectivity index (χ0) is 11.4. The minimum Gasteiger partial charge on any atom is -0.497 e. The van der Waals surface area contributed by atoms with Gasteiger partial charge in [-0.1, -0.05) is 12.1 Å². The third-order valence-electron chi connectivity index (χ3n) is 3.16. The summed E-state index contributed by atoms with van der Waals surface area (Å²) in [6.07, 6.45) is 4.12. The maximum Gasteiger partial charge on any atom is 0.209 e. The van der Waals surface area contributed by atoms with Gasteiger partial charge in [0, 0.05) is 12.6 Å². The standard InChI is InChI=1S/C13H17NO2/c1-16-13-6-2-4-11(9-13)8-12-5-3-7-14(12)10-15/h2,4,6,9-10,12H,3,5,7-8H2,1H3. The number of methoxy groups -OCH3 is 1. The molecule has 3 heteroatoms. The predicted molar refractivity (Wildman–Crippen MR) is 62.5 cm³/mol. The first-order chi connectivity index (χ1) is 7.83. The van der Waals surface area contributed by atoms with Gasteiger partial charge in [0.15, 0.2) is 0 Å². The van der Waals surface area contributed by atoms with Crippen molar-refractivity contribution in [1.82, 2.24) is 4.90 Å². The van der Waals surface area contributed by atoms with Crippen LogP contribution in [-0.2, 0) is 11.2 Å². The minimum absolute atomic E-state index is 0.365. The highest BCUT2D eigenvalue weighted by molar-refractivity contribution is 5.48. The first-order valence-electron chi connectivity index (χ1n) is 5.67. The van der Waals surface area contributed by atoms with Crippen molar-refractivity contribution >= 4 is 6.41 Å². The van der Waals surface area contributed by atoms with Crippen LogP contribution in [0.3, 0.4) is 0 Å². The number of rotatable bonds is 4. The number of ether oxygens (including phenoxy) is 1. The van der Waals surface area contributed by atoms with Gasteiger partial charge in [0.1, 0.15) is 5.75 Å². The average molecular weight is 219 g/mol. The summed E-state index contributed by atoms with van der Waals surface area (Å²) in [7, 11) is 1.67. The first-order valence-corrected chi connectivity index (χ1v) is 5.67. The van der Waals surface area contributed by atoms with E-state index in [1.807, 2.05) is 23.1 Å². The number of hydrogen-bond acceptors (Lipinski definition) is 2. The predicted octanol–water partition coefficient (Wildman–Crippen LogP) is 1.86. The van der Waals surface area contributed by atoms with Gasteiger partial charge in [-0.05, 0) is 37.0 Å². The van der Waals surface area contributed by atoms with Gasteiger partial charge in [-0.25, -0.2) is 0 Å². The molecular weight excluding hydrogens is 202 g/mol. The molecule has 0 aliphatic carbocycles. The summed E-state index contributed by atoms with van der Waals surface area (Å²) in [6.45, 7) is 0.901. The van der Waals surface area contributed by atoms with E-state index in [1.165, 1.54) is 5.56 Å². The topological polar surface area (TPSA) is 29.5 Å². The molecule has 0 N–H and O–H groups in total. The van der Waals surface area contributed by atoms with E-state index in [0.717, 1.165) is 38.0 Å². The summed E-state index contributed by atoms with van der Waals surface area (Å²) in [6, 6.07) is 8.43. The lowest BCUT2D eigenvalue weighted by molar-refractivity contribution is -0.118. The lowest BCUT2D eigenvalue weighted by Crippen LogP contribution is -2.29. The van der Waals surface area contributed by atoms with Gasteiger partial charge >= 0.3 is 0 Å². The molecule has 1 heterocycles. The maximum absolute atomic E-state index is 10.8. The van der Waals surface area contributed by atoms with Gasteiger partial charge in [0.2, 0.25) is 6.41 Å². The number of likely N-dealkylation sites (tertiary alicyclic amines) is 1. The molecule has 1 aliphatic heterocycles. The molecule has 1 unspecified atom stereocenters. The molecule has 86 valence electrons. The summed E-state index contributed by atoms with van der Waals surface area (Å²) in [4.78, 5) is 12.7. The van der Waals surface area contributed by atoms with Crippen LogP contribution in [0.5, 0.6) is 5.75 Å². The molecule has 0 spiro atoms. The van der Waals surface area contributed by atoms with Gasteiger partial charge in [-0.2, -0.15) is 0 Å². The summed E-state index contributed by atoms with van der Waals surface area (Å²) in [5.41, 5.74) is 1.23. The molecule has 1 aromatic rings. The highest BCUT2D eigenvalue weighted by Crippen LogP contribution is 2.21. The van der Waals surface area contributed by atoms with E-state index in [2.05, 4.69) is 6.07 Å². The SMILES string of the molecule is COc1cccc(CC2CCCN2C=O)c1. The van der Waals surface area contributed by atoms with Crippen LogP contribution in [-0.4, -0.2) is 31.0 Å². The molecule has 3 nitrogen and oxygen atoms in total. The number of hydrogen-bond donors (Lipinski definition) is 0. The van der Waals surface area contributed by atoms with Crippen LogP contribution in [0, 0.1) is 0 Å². The van der Waals surface area contributed by atoms with E-state index in [9.17, 15) is 4.79 Å². The van der Waals surface area contributed by atoms with Crippen LogP contribution in [0.15, 0.2) is 24.3 Å². The Morgan fingerprint density at radius 1 is 1.56 bits per heavy atom. The second-order valence-corrected chi connectivity index (χ2v) is 4.19. The van der Waals surface area contributed by atoms with Crippen molar-refractivity contribution in [1.29, 1.82) is 0 Å². The Labute approximate surface area is 96.0 Å². The lowest BCUT2D eigenvalue weighted by Gasteiger charge is -2.19. The Morgan fingerprint density at radius 3 is 3.19 bits per heavy atom. The van der Waals surface area contributed by atoms with Gasteiger partial charge < -0.3 is 9.64 Å². The lowest BCUT2D eigenvalue weighted by atomic mass is 10.0. The average Bonchev–Trinajstić information content (AvgIpc) is 2.76. The van der Waals surface area contributed by atoms with Crippen molar-refractivity contribution in [3.05, 3.63) is 29.8 Å². The molecular formula is C13H17NO2. The highest BCUT2D eigenvalue weighted by Gasteiger charge is 2.22. The van der Waals surface area contributed by atoms with Gasteiger partial charge in [0.05, 0.1) is 7.11 Å². The van der Waals surface area contributed by atoms with Crippen molar-refractivity contribution in [3.8, 4) is 5.75 Å². The molecule has 2 rings (SSSR count). The van der Waals surface area contributed by atoms with Crippen LogP contribution in [0.2, 0.25) is 0 Å². The molecule has 0 saturated carbocycles. The van der Waals surface area contributed by atoms with Crippen molar-refractivity contribution in [2.75, 3.05) is 13.7 Å². The van der Waals surface area contributed by atoms with E-state index in [1.54, 1.807) is 7.11 Å². The fourth-order valence-corrected chi connectivity index (χ4v) is 2.29. The van der Waals surface area contributed by atoms with E-state index in [-0.39, 0.29) is 0 Å². The Morgan fingerprint density at radius 2 is 2.44 bits per heavy atom. The second-order valence-electron chi connectivity index (χ2n) is 4.19. The van der Waals surface area contributed by atoms with Crippen LogP contribution in [0.4, 0.5) is 0 Å². The fourth-order valence-electron chi connectivity index (χ4n) is 2.29. The summed E-state index contributed by atoms with van der Waals surface area (Å²) >= 11 is 0. The minimum atomic E-state index is 0.365. The van der Waals surface area contributed by atoms with Crippen LogP contribution < -0.4 is 4.74 Å². The van der Waals surface area contributed by atoms with E-state index in [4.69, 9.17) is 4.74 Å². The quantitative estimate of drug-likeness (QED) is 0.723. The van der Waals surface area contributed by atoms with Crippen molar-refractivity contribution in [2.24, 2.45) is 0 Å². The molecule has 1 atom stereocenters. The van der Waals surface area contributed by atoms with Crippen molar-refractivity contribution in [2.45, 2.75) is 25.3 Å². The normalized spacial score (nSPS) is 19.8. The highest BCUT2D eigenvalue weighted by atomic mass is 16.5. The summed E-state index contributed by atoms with van der Waals surface area (Å²) in [5.74, 6) is 0.883. The van der Waals surface area contributed by atoms with Gasteiger partial charge in [0.25, 0.3) is 0 Å². The zero-order valence-corrected chi connectivity index (χ0v) is 9.56. The Balaban J connectivity index is 2.05. The molecule has 1 amide bonds. The van der Waals surface area contributed by atoms with Crippen LogP contribution in [0.25, 0.3) is 0 Å². The summed E-state index contributed by atoms with van der Waals surface area (Å²) in [5, 5.41) is 0. The third kappa shape index (κ3) is 2.35.